The van der Waals surface area contributed by atoms with E-state index in [0.717, 1.165) is 69.2 Å². The maximum absolute atomic E-state index is 16.4. The van der Waals surface area contributed by atoms with E-state index in [1.54, 1.807) is 35.2 Å². The van der Waals surface area contributed by atoms with Crippen LogP contribution in [0.5, 0.6) is 5.75 Å². The number of piperazine rings is 1. The highest BCUT2D eigenvalue weighted by molar-refractivity contribution is 6.30. The van der Waals surface area contributed by atoms with E-state index >= 15 is 4.39 Å². The Hall–Kier alpha value is -6.31. The van der Waals surface area contributed by atoms with Gasteiger partial charge in [-0.25, -0.2) is 4.39 Å². The van der Waals surface area contributed by atoms with Crippen molar-refractivity contribution in [2.24, 2.45) is 10.8 Å². The van der Waals surface area contributed by atoms with Gasteiger partial charge in [0.1, 0.15) is 23.3 Å². The number of nitrogens with zero attached hydrogens (tertiary/aromatic N) is 5. The van der Waals surface area contributed by atoms with Crippen LogP contribution in [0.2, 0.25) is 5.02 Å². The SMILES string of the molecule is COc1cc(C(=O)N2CCC3(CC2)CC(N2CCN(c4ccc5c(c4)CN(C4CCC(=O)NC4=O)C5=O)CC2)C3)ccc1NC(=O)[C@@H]1N[C@@H](CC(C)(C)C)[C@@]2(CNc3cc(C(F)(F)F)ncc32)[C@H]1c1cccc(Cl)c1F. The van der Waals surface area contributed by atoms with Crippen LogP contribution < -0.4 is 30.9 Å². The zero-order chi connectivity index (χ0) is 53.6. The molecule has 11 rings (SSSR count). The summed E-state index contributed by atoms with van der Waals surface area (Å²) < 4.78 is 63.9. The number of hydrogen-bond acceptors (Lipinski definition) is 11. The molecule has 4 aromatic rings. The molecule has 5 amide bonds. The van der Waals surface area contributed by atoms with Gasteiger partial charge in [-0.3, -0.25) is 39.2 Å². The van der Waals surface area contributed by atoms with Gasteiger partial charge in [0.15, 0.2) is 0 Å². The van der Waals surface area contributed by atoms with Gasteiger partial charge in [0.25, 0.3) is 11.8 Å². The quantitative estimate of drug-likeness (QED) is 0.0957. The molecule has 3 aromatic carbocycles. The molecule has 1 aliphatic carbocycles. The molecule has 20 heteroatoms. The van der Waals surface area contributed by atoms with Crippen LogP contribution >= 0.6 is 11.6 Å². The Balaban J connectivity index is 0.722. The maximum atomic E-state index is 16.4. The Morgan fingerprint density at radius 1 is 0.947 bits per heavy atom. The van der Waals surface area contributed by atoms with Crippen molar-refractivity contribution in [3.8, 4) is 5.75 Å². The zero-order valence-corrected chi connectivity index (χ0v) is 43.7. The first-order valence-corrected chi connectivity index (χ1v) is 26.6. The summed E-state index contributed by atoms with van der Waals surface area (Å²) in [5.74, 6) is -3.02. The molecule has 6 aliphatic heterocycles. The van der Waals surface area contributed by atoms with Crippen LogP contribution in [0.3, 0.4) is 0 Å². The lowest BCUT2D eigenvalue weighted by Crippen LogP contribution is -2.59. The van der Waals surface area contributed by atoms with E-state index in [-0.39, 0.29) is 69.2 Å². The molecule has 7 heterocycles. The average Bonchev–Trinajstić information content (AvgIpc) is 4.04. The predicted octanol–water partition coefficient (Wildman–Crippen LogP) is 7.73. The molecular weight excluding hydrogens is 1010 g/mol. The number of carbonyl (C=O) groups is 5. The van der Waals surface area contributed by atoms with E-state index < -0.39 is 59.0 Å². The number of rotatable bonds is 9. The molecule has 1 aromatic heterocycles. The van der Waals surface area contributed by atoms with Crippen LogP contribution in [0.15, 0.2) is 66.9 Å². The Labute approximate surface area is 443 Å². The summed E-state index contributed by atoms with van der Waals surface area (Å²) in [6, 6.07) is 14.5. The highest BCUT2D eigenvalue weighted by atomic mass is 35.5. The fourth-order valence-electron chi connectivity index (χ4n) is 13.5. The minimum atomic E-state index is -4.70. The van der Waals surface area contributed by atoms with Gasteiger partial charge in [-0.05, 0) is 109 Å². The van der Waals surface area contributed by atoms with Crippen molar-refractivity contribution in [2.45, 2.75) is 114 Å². The number of anilines is 3. The summed E-state index contributed by atoms with van der Waals surface area (Å²) in [5, 5.41) is 11.9. The maximum Gasteiger partial charge on any atom is 0.433 e. The first kappa shape index (κ1) is 51.8. The second-order valence-corrected chi connectivity index (χ2v) is 23.5. The summed E-state index contributed by atoms with van der Waals surface area (Å²) in [4.78, 5) is 78.6. The first-order chi connectivity index (χ1) is 36.1. The van der Waals surface area contributed by atoms with Crippen molar-refractivity contribution >= 4 is 58.2 Å². The van der Waals surface area contributed by atoms with Crippen LogP contribution in [-0.4, -0.2) is 126 Å². The molecule has 1 unspecified atom stereocenters. The molecule has 0 radical (unpaired) electrons. The first-order valence-electron chi connectivity index (χ1n) is 26.2. The second-order valence-electron chi connectivity index (χ2n) is 23.1. The van der Waals surface area contributed by atoms with Gasteiger partial charge in [0, 0.05) is 116 Å². The lowest BCUT2D eigenvalue weighted by Gasteiger charge is -2.56. The Morgan fingerprint density at radius 2 is 1.70 bits per heavy atom. The van der Waals surface area contributed by atoms with Crippen LogP contribution in [-0.2, 0) is 32.5 Å². The minimum Gasteiger partial charge on any atom is -0.495 e. The molecule has 4 saturated heterocycles. The van der Waals surface area contributed by atoms with Gasteiger partial charge < -0.3 is 35.4 Å². The van der Waals surface area contributed by atoms with Crippen molar-refractivity contribution in [2.75, 3.05) is 68.5 Å². The number of likely N-dealkylation sites (tertiary alicyclic amines) is 1. The topological polar surface area (TPSA) is 169 Å². The van der Waals surface area contributed by atoms with Crippen LogP contribution in [0.4, 0.5) is 34.6 Å². The number of alkyl halides is 3. The van der Waals surface area contributed by atoms with Gasteiger partial charge in [-0.2, -0.15) is 13.2 Å². The summed E-state index contributed by atoms with van der Waals surface area (Å²) in [5.41, 5.74) is 1.67. The van der Waals surface area contributed by atoms with Gasteiger partial charge in [-0.1, -0.05) is 44.5 Å². The number of nitrogens with one attached hydrogen (secondary N) is 4. The molecule has 2 spiro atoms. The number of methoxy groups -OCH3 is 1. The van der Waals surface area contributed by atoms with E-state index in [9.17, 15) is 37.1 Å². The van der Waals surface area contributed by atoms with E-state index in [1.165, 1.54) is 19.4 Å². The number of ether oxygens (including phenoxy) is 1. The third kappa shape index (κ3) is 9.22. The predicted molar refractivity (Wildman–Crippen MR) is 277 cm³/mol. The fraction of sp³-hybridized carbons (Fsp3) is 0.500. The second kappa shape index (κ2) is 19.3. The van der Waals surface area contributed by atoms with Crippen molar-refractivity contribution < 1.29 is 46.3 Å². The third-order valence-electron chi connectivity index (χ3n) is 17.4. The van der Waals surface area contributed by atoms with Crippen LogP contribution in [0.1, 0.15) is 115 Å². The van der Waals surface area contributed by atoms with Gasteiger partial charge in [0.2, 0.25) is 17.7 Å². The lowest BCUT2D eigenvalue weighted by molar-refractivity contribution is -0.141. The average molecular weight is 1070 g/mol. The third-order valence-corrected chi connectivity index (χ3v) is 17.7. The number of halogens is 5. The smallest absolute Gasteiger partial charge is 0.433 e. The Bertz CT molecular complexity index is 3020. The Morgan fingerprint density at radius 3 is 2.39 bits per heavy atom. The van der Waals surface area contributed by atoms with Crippen molar-refractivity contribution in [1.82, 2.24) is 30.3 Å². The number of piperidine rings is 2. The summed E-state index contributed by atoms with van der Waals surface area (Å²) in [6.07, 6.45) is 1.45. The highest BCUT2D eigenvalue weighted by Crippen LogP contribution is 2.57. The highest BCUT2D eigenvalue weighted by Gasteiger charge is 2.62. The molecule has 4 N–H and O–H groups in total. The zero-order valence-electron chi connectivity index (χ0n) is 42.9. The van der Waals surface area contributed by atoms with Gasteiger partial charge in [-0.15, -0.1) is 0 Å². The number of pyridine rings is 1. The van der Waals surface area contributed by atoms with E-state index in [0.29, 0.717) is 55.2 Å². The molecule has 15 nitrogen and oxygen atoms in total. The number of imide groups is 1. The van der Waals surface area contributed by atoms with E-state index in [1.807, 2.05) is 37.8 Å². The molecule has 5 fully saturated rings. The summed E-state index contributed by atoms with van der Waals surface area (Å²) in [6.45, 7) is 11.3. The monoisotopic (exact) mass is 1070 g/mol. The van der Waals surface area contributed by atoms with Crippen LogP contribution in [0, 0.1) is 16.6 Å². The van der Waals surface area contributed by atoms with Gasteiger partial charge in [0.05, 0.1) is 23.9 Å². The molecule has 402 valence electrons. The van der Waals surface area contributed by atoms with Crippen LogP contribution in [0.25, 0.3) is 0 Å². The van der Waals surface area contributed by atoms with E-state index in [2.05, 4.69) is 42.1 Å². The molecule has 1 saturated carbocycles. The normalized spacial score (nSPS) is 25.6. The van der Waals surface area contributed by atoms with Crippen molar-refractivity contribution in [1.29, 1.82) is 0 Å². The van der Waals surface area contributed by atoms with Crippen molar-refractivity contribution in [3.63, 3.8) is 0 Å². The number of amides is 5. The molecule has 0 bridgehead atoms. The number of carbonyl (C=O) groups excluding carboxylic acids is 5. The Kier molecular flexibility index (Phi) is 13.2. The van der Waals surface area contributed by atoms with Crippen molar-refractivity contribution in [3.05, 3.63) is 111 Å². The van der Waals surface area contributed by atoms with E-state index in [4.69, 9.17) is 16.3 Å². The summed E-state index contributed by atoms with van der Waals surface area (Å²) >= 11 is 6.39. The minimum absolute atomic E-state index is 0.0943. The molecule has 76 heavy (non-hydrogen) atoms. The largest absolute Gasteiger partial charge is 0.495 e. The lowest BCUT2D eigenvalue weighted by atomic mass is 9.60. The molecule has 7 aliphatic rings. The number of fused-ring (bicyclic) bond motifs is 3. The number of hydrogen-bond donors (Lipinski definition) is 4. The fourth-order valence-corrected chi connectivity index (χ4v) is 13.7. The number of benzene rings is 3. The molecule has 5 atom stereocenters. The molecular formula is C56H62ClF4N9O6. The van der Waals surface area contributed by atoms with Gasteiger partial charge >= 0.3 is 6.18 Å². The number of aromatic nitrogens is 1. The summed E-state index contributed by atoms with van der Waals surface area (Å²) in [7, 11) is 1.45. The standard InChI is InChI=1S/C56H62ClF4N9O6/c1-53(2,3)27-44-55(30-63-40-24-43(56(59,60)61)62-28-37(40)55)46(36-6-5-7-38(57)47(36)58)48(65-44)50(73)64-39-11-8-31(23-42(39)76-4)51(74)69-16-14-54(15-17-69)25-34(26-54)68-20-18-67(19-21-68)33-9-10-35-32(22-33)29-70(52(35)75)41-12-13-45(71)66-49(41)72/h5-11,22-24,28,34,41,44,46,48,63,65H,12-21,25-27,29-30H2,1-4H3,(H,64,73)(H,66,71,72)/t41?,44-,46-,48+,55-/m0/s1.